The summed E-state index contributed by atoms with van der Waals surface area (Å²) >= 11 is 0. The van der Waals surface area contributed by atoms with E-state index >= 15 is 0 Å². The van der Waals surface area contributed by atoms with E-state index in [-0.39, 0.29) is 24.6 Å². The molecule has 0 radical (unpaired) electrons. The van der Waals surface area contributed by atoms with Gasteiger partial charge < -0.3 is 19.4 Å². The van der Waals surface area contributed by atoms with Gasteiger partial charge in [0.1, 0.15) is 12.1 Å². The van der Waals surface area contributed by atoms with Gasteiger partial charge in [-0.3, -0.25) is 4.79 Å². The van der Waals surface area contributed by atoms with E-state index in [1.807, 2.05) is 30.6 Å². The summed E-state index contributed by atoms with van der Waals surface area (Å²) in [5, 5.41) is 0. The van der Waals surface area contributed by atoms with E-state index in [0.29, 0.717) is 32.1 Å². The van der Waals surface area contributed by atoms with Gasteiger partial charge in [0.2, 0.25) is 11.9 Å². The number of hydrogen-bond acceptors (Lipinski definition) is 6. The van der Waals surface area contributed by atoms with Crippen LogP contribution >= 0.6 is 0 Å². The fourth-order valence-electron chi connectivity index (χ4n) is 2.83. The summed E-state index contributed by atoms with van der Waals surface area (Å²) in [6, 6.07) is 1.82. The summed E-state index contributed by atoms with van der Waals surface area (Å²) in [6.45, 7) is 8.17. The van der Waals surface area contributed by atoms with Gasteiger partial charge in [-0.05, 0) is 26.8 Å². The molecule has 0 aromatic carbocycles. The summed E-state index contributed by atoms with van der Waals surface area (Å²) in [5.74, 6) is 0.622. The van der Waals surface area contributed by atoms with Crippen LogP contribution in [0.4, 0.5) is 10.7 Å². The van der Waals surface area contributed by atoms with Gasteiger partial charge in [-0.25, -0.2) is 14.8 Å². The van der Waals surface area contributed by atoms with Gasteiger partial charge in [0.25, 0.3) is 0 Å². The molecule has 0 spiro atoms. The number of carbonyl (C=O) groups is 2. The molecule has 2 saturated heterocycles. The molecule has 2 aliphatic heterocycles. The molecule has 130 valence electrons. The number of nitrogens with zero attached hydrogens (tertiary/aromatic N) is 5. The van der Waals surface area contributed by atoms with Crippen LogP contribution in [0.2, 0.25) is 0 Å². The zero-order valence-electron chi connectivity index (χ0n) is 14.3. The average molecular weight is 333 g/mol. The van der Waals surface area contributed by atoms with Gasteiger partial charge in [0.05, 0.1) is 6.04 Å². The van der Waals surface area contributed by atoms with Crippen molar-refractivity contribution in [2.75, 3.05) is 37.6 Å². The third-order valence-electron chi connectivity index (χ3n) is 4.05. The predicted molar refractivity (Wildman–Crippen MR) is 87.6 cm³/mol. The Kier molecular flexibility index (Phi) is 4.29. The second-order valence-corrected chi connectivity index (χ2v) is 7.10. The van der Waals surface area contributed by atoms with Gasteiger partial charge in [0.15, 0.2) is 0 Å². The molecule has 24 heavy (non-hydrogen) atoms. The van der Waals surface area contributed by atoms with Crippen molar-refractivity contribution in [1.82, 2.24) is 19.8 Å². The second kappa shape index (κ2) is 6.26. The number of rotatable bonds is 2. The highest BCUT2D eigenvalue weighted by Gasteiger charge is 2.40. The lowest BCUT2D eigenvalue weighted by molar-refractivity contribution is -0.137. The van der Waals surface area contributed by atoms with E-state index in [9.17, 15) is 9.59 Å². The molecule has 0 aliphatic carbocycles. The normalized spacial score (nSPS) is 19.3. The maximum atomic E-state index is 12.4. The van der Waals surface area contributed by atoms with E-state index < -0.39 is 5.60 Å². The molecule has 3 rings (SSSR count). The Hall–Kier alpha value is -2.38. The van der Waals surface area contributed by atoms with E-state index in [4.69, 9.17) is 4.74 Å². The van der Waals surface area contributed by atoms with Crippen molar-refractivity contribution >= 4 is 17.9 Å². The summed E-state index contributed by atoms with van der Waals surface area (Å²) in [7, 11) is 0. The first-order valence-electron chi connectivity index (χ1n) is 8.13. The molecule has 1 aromatic rings. The van der Waals surface area contributed by atoms with Crippen LogP contribution in [0.5, 0.6) is 0 Å². The minimum Gasteiger partial charge on any atom is -0.444 e. The van der Waals surface area contributed by atoms with Crippen molar-refractivity contribution in [2.45, 2.75) is 32.4 Å². The van der Waals surface area contributed by atoms with Crippen LogP contribution in [0.25, 0.3) is 0 Å². The summed E-state index contributed by atoms with van der Waals surface area (Å²) in [4.78, 5) is 38.1. The zero-order chi connectivity index (χ0) is 17.3. The predicted octanol–water partition coefficient (Wildman–Crippen LogP) is 0.744. The number of amides is 2. The van der Waals surface area contributed by atoms with Crippen LogP contribution in [-0.2, 0) is 9.53 Å². The number of piperazine rings is 1. The van der Waals surface area contributed by atoms with E-state index in [0.717, 1.165) is 0 Å². The first kappa shape index (κ1) is 16.5. The zero-order valence-corrected chi connectivity index (χ0v) is 14.3. The Morgan fingerprint density at radius 1 is 1.21 bits per heavy atom. The van der Waals surface area contributed by atoms with Crippen molar-refractivity contribution in [3.63, 3.8) is 0 Å². The Balaban J connectivity index is 1.50. The van der Waals surface area contributed by atoms with Crippen molar-refractivity contribution in [3.8, 4) is 0 Å². The molecule has 1 aromatic heterocycles. The Labute approximate surface area is 141 Å². The standard InChI is InChI=1S/C16H23N5O3/c1-16(2,3)24-15(23)20-9-12(10-20)21-8-7-19(11-13(21)22)14-17-5-4-6-18-14/h4-6,12H,7-11H2,1-3H3. The van der Waals surface area contributed by atoms with Gasteiger partial charge in [-0.1, -0.05) is 0 Å². The maximum Gasteiger partial charge on any atom is 0.410 e. The van der Waals surface area contributed by atoms with Gasteiger partial charge in [-0.15, -0.1) is 0 Å². The van der Waals surface area contributed by atoms with Crippen LogP contribution in [0.1, 0.15) is 20.8 Å². The molecule has 3 heterocycles. The minimum atomic E-state index is -0.501. The number of carbonyl (C=O) groups excluding carboxylic acids is 2. The van der Waals surface area contributed by atoms with E-state index in [1.54, 1.807) is 23.4 Å². The second-order valence-electron chi connectivity index (χ2n) is 7.10. The third-order valence-corrected chi connectivity index (χ3v) is 4.05. The molecular formula is C16H23N5O3. The summed E-state index contributed by atoms with van der Waals surface area (Å²) in [5.41, 5.74) is -0.501. The molecule has 8 nitrogen and oxygen atoms in total. The Morgan fingerprint density at radius 3 is 2.46 bits per heavy atom. The minimum absolute atomic E-state index is 0.0440. The summed E-state index contributed by atoms with van der Waals surface area (Å²) < 4.78 is 5.34. The fourth-order valence-corrected chi connectivity index (χ4v) is 2.83. The van der Waals surface area contributed by atoms with Gasteiger partial charge >= 0.3 is 6.09 Å². The van der Waals surface area contributed by atoms with Crippen molar-refractivity contribution in [2.24, 2.45) is 0 Å². The molecule has 8 heteroatoms. The molecule has 0 atom stereocenters. The smallest absolute Gasteiger partial charge is 0.410 e. The molecular weight excluding hydrogens is 310 g/mol. The lowest BCUT2D eigenvalue weighted by Gasteiger charge is -2.47. The Bertz CT molecular complexity index is 610. The molecule has 0 saturated carbocycles. The SMILES string of the molecule is CC(C)(C)OC(=O)N1CC(N2CCN(c3ncccn3)CC2=O)C1. The Morgan fingerprint density at radius 2 is 1.88 bits per heavy atom. The molecule has 2 fully saturated rings. The van der Waals surface area contributed by atoms with Crippen LogP contribution in [0.3, 0.4) is 0 Å². The van der Waals surface area contributed by atoms with Crippen molar-refractivity contribution in [1.29, 1.82) is 0 Å². The van der Waals surface area contributed by atoms with Crippen LogP contribution in [0.15, 0.2) is 18.5 Å². The number of ether oxygens (including phenoxy) is 1. The molecule has 0 unspecified atom stereocenters. The van der Waals surface area contributed by atoms with E-state index in [1.165, 1.54) is 0 Å². The lowest BCUT2D eigenvalue weighted by Crippen LogP contribution is -2.66. The number of hydrogen-bond donors (Lipinski definition) is 0. The topological polar surface area (TPSA) is 78.9 Å². The van der Waals surface area contributed by atoms with Gasteiger partial charge in [0, 0.05) is 38.6 Å². The fraction of sp³-hybridized carbons (Fsp3) is 0.625. The van der Waals surface area contributed by atoms with Crippen LogP contribution in [-0.4, -0.2) is 76.1 Å². The molecule has 0 bridgehead atoms. The van der Waals surface area contributed by atoms with E-state index in [2.05, 4.69) is 9.97 Å². The van der Waals surface area contributed by atoms with Crippen LogP contribution in [0, 0.1) is 0 Å². The highest BCUT2D eigenvalue weighted by molar-refractivity contribution is 5.83. The lowest BCUT2D eigenvalue weighted by atomic mass is 10.1. The molecule has 0 N–H and O–H groups in total. The molecule has 2 aliphatic rings. The van der Waals surface area contributed by atoms with Crippen LogP contribution < -0.4 is 4.90 Å². The summed E-state index contributed by atoms with van der Waals surface area (Å²) in [6.07, 6.45) is 3.02. The third kappa shape index (κ3) is 3.58. The monoisotopic (exact) mass is 333 g/mol. The maximum absolute atomic E-state index is 12.4. The number of anilines is 1. The van der Waals surface area contributed by atoms with Gasteiger partial charge in [-0.2, -0.15) is 0 Å². The first-order chi connectivity index (χ1) is 11.3. The largest absolute Gasteiger partial charge is 0.444 e. The van der Waals surface area contributed by atoms with Crippen molar-refractivity contribution < 1.29 is 14.3 Å². The quantitative estimate of drug-likeness (QED) is 0.794. The first-order valence-corrected chi connectivity index (χ1v) is 8.13. The molecule has 2 amide bonds. The number of aromatic nitrogens is 2. The highest BCUT2D eigenvalue weighted by Crippen LogP contribution is 2.21. The highest BCUT2D eigenvalue weighted by atomic mass is 16.6. The van der Waals surface area contributed by atoms with Crippen molar-refractivity contribution in [3.05, 3.63) is 18.5 Å². The average Bonchev–Trinajstić information content (AvgIpc) is 2.46. The number of likely N-dealkylation sites (tertiary alicyclic amines) is 1.